The van der Waals surface area contributed by atoms with Crippen molar-refractivity contribution in [1.29, 1.82) is 0 Å². The highest BCUT2D eigenvalue weighted by molar-refractivity contribution is 14.0. The summed E-state index contributed by atoms with van der Waals surface area (Å²) in [5, 5.41) is 6.85. The summed E-state index contributed by atoms with van der Waals surface area (Å²) in [6.07, 6.45) is 6.43. The highest BCUT2D eigenvalue weighted by atomic mass is 127. The number of likely N-dealkylation sites (tertiary alicyclic amines) is 1. The van der Waals surface area contributed by atoms with Crippen molar-refractivity contribution in [1.82, 2.24) is 15.5 Å². The van der Waals surface area contributed by atoms with Gasteiger partial charge in [0, 0.05) is 38.6 Å². The maximum Gasteiger partial charge on any atom is 0.225 e. The van der Waals surface area contributed by atoms with Crippen LogP contribution in [0.4, 0.5) is 0 Å². The van der Waals surface area contributed by atoms with Gasteiger partial charge >= 0.3 is 0 Å². The van der Waals surface area contributed by atoms with Crippen LogP contribution in [0.3, 0.4) is 0 Å². The number of hydrogen-bond donors (Lipinski definition) is 2. The Morgan fingerprint density at radius 3 is 2.79 bits per heavy atom. The van der Waals surface area contributed by atoms with Crippen molar-refractivity contribution in [2.75, 3.05) is 33.8 Å². The van der Waals surface area contributed by atoms with Crippen LogP contribution in [0.15, 0.2) is 29.3 Å². The molecule has 1 saturated carbocycles. The van der Waals surface area contributed by atoms with Gasteiger partial charge in [0.25, 0.3) is 0 Å². The van der Waals surface area contributed by atoms with Crippen LogP contribution in [-0.2, 0) is 11.2 Å². The van der Waals surface area contributed by atoms with Crippen molar-refractivity contribution in [3.8, 4) is 5.75 Å². The van der Waals surface area contributed by atoms with E-state index in [1.807, 2.05) is 17.0 Å². The van der Waals surface area contributed by atoms with Gasteiger partial charge in [-0.1, -0.05) is 25.0 Å². The highest BCUT2D eigenvalue weighted by Gasteiger charge is 2.32. The van der Waals surface area contributed by atoms with Gasteiger partial charge in [0.05, 0.1) is 7.11 Å². The number of nitrogens with zero attached hydrogens (tertiary/aromatic N) is 2. The number of rotatable bonds is 6. The number of amides is 1. The zero-order valence-corrected chi connectivity index (χ0v) is 19.3. The standard InChI is InChI=1S/C21H32N4O2.HI/c1-22-21(23-12-10-16-6-5-9-19(14-16)27-2)24-18-11-13-25(15-18)20(26)17-7-3-4-8-17;/h5-6,9,14,17-18H,3-4,7-8,10-13,15H2,1-2H3,(H2,22,23,24);1H. The summed E-state index contributed by atoms with van der Waals surface area (Å²) in [5.41, 5.74) is 1.23. The molecule has 1 aromatic rings. The Labute approximate surface area is 185 Å². The first kappa shape index (κ1) is 22.8. The van der Waals surface area contributed by atoms with E-state index in [0.29, 0.717) is 5.91 Å². The first-order valence-electron chi connectivity index (χ1n) is 10.1. The molecule has 7 heteroatoms. The molecule has 2 N–H and O–H groups in total. The fourth-order valence-corrected chi connectivity index (χ4v) is 4.05. The normalized spacial score (nSPS) is 20.0. The number of carbonyl (C=O) groups excluding carboxylic acids is 1. The minimum absolute atomic E-state index is 0. The van der Waals surface area contributed by atoms with Crippen LogP contribution in [0.25, 0.3) is 0 Å². The van der Waals surface area contributed by atoms with Gasteiger partial charge < -0.3 is 20.3 Å². The third-order valence-corrected chi connectivity index (χ3v) is 5.61. The molecule has 1 saturated heterocycles. The SMILES string of the molecule is CN=C(NCCc1cccc(OC)c1)NC1CCN(C(=O)C2CCCC2)C1.I. The Morgan fingerprint density at radius 1 is 1.29 bits per heavy atom. The molecule has 3 rings (SSSR count). The van der Waals surface area contributed by atoms with Gasteiger partial charge in [0.1, 0.15) is 5.75 Å². The van der Waals surface area contributed by atoms with Crippen LogP contribution in [0.2, 0.25) is 0 Å². The lowest BCUT2D eigenvalue weighted by Crippen LogP contribution is -2.45. The van der Waals surface area contributed by atoms with Crippen LogP contribution >= 0.6 is 24.0 Å². The van der Waals surface area contributed by atoms with E-state index < -0.39 is 0 Å². The minimum Gasteiger partial charge on any atom is -0.497 e. The van der Waals surface area contributed by atoms with Crippen LogP contribution in [0, 0.1) is 5.92 Å². The molecule has 1 amide bonds. The first-order chi connectivity index (χ1) is 13.2. The van der Waals surface area contributed by atoms with Gasteiger partial charge in [-0.05, 0) is 43.4 Å². The molecule has 1 aromatic carbocycles. The Kier molecular flexibility index (Phi) is 9.34. The second-order valence-electron chi connectivity index (χ2n) is 7.50. The van der Waals surface area contributed by atoms with E-state index in [9.17, 15) is 4.79 Å². The van der Waals surface area contributed by atoms with Crippen LogP contribution in [0.5, 0.6) is 5.75 Å². The van der Waals surface area contributed by atoms with E-state index in [1.165, 1.54) is 18.4 Å². The fourth-order valence-electron chi connectivity index (χ4n) is 4.05. The fraction of sp³-hybridized carbons (Fsp3) is 0.619. The number of carbonyl (C=O) groups is 1. The number of benzene rings is 1. The van der Waals surface area contributed by atoms with Crippen molar-refractivity contribution < 1.29 is 9.53 Å². The van der Waals surface area contributed by atoms with Gasteiger partial charge in [-0.2, -0.15) is 0 Å². The average Bonchev–Trinajstić information content (AvgIpc) is 3.39. The molecule has 1 unspecified atom stereocenters. The summed E-state index contributed by atoms with van der Waals surface area (Å²) >= 11 is 0. The number of hydrogen-bond acceptors (Lipinski definition) is 3. The van der Waals surface area contributed by atoms with E-state index in [0.717, 1.165) is 57.0 Å². The second kappa shape index (κ2) is 11.5. The van der Waals surface area contributed by atoms with E-state index >= 15 is 0 Å². The molecular formula is C21H33IN4O2. The Hall–Kier alpha value is -1.51. The van der Waals surface area contributed by atoms with Gasteiger partial charge in [0.2, 0.25) is 5.91 Å². The molecular weight excluding hydrogens is 467 g/mol. The summed E-state index contributed by atoms with van der Waals surface area (Å²) in [6, 6.07) is 8.40. The molecule has 28 heavy (non-hydrogen) atoms. The molecule has 1 atom stereocenters. The van der Waals surface area contributed by atoms with Crippen molar-refractivity contribution >= 4 is 35.8 Å². The van der Waals surface area contributed by atoms with Crippen LogP contribution in [0.1, 0.15) is 37.7 Å². The zero-order chi connectivity index (χ0) is 19.1. The van der Waals surface area contributed by atoms with Gasteiger partial charge in [0.15, 0.2) is 5.96 Å². The van der Waals surface area contributed by atoms with E-state index in [4.69, 9.17) is 4.74 Å². The average molecular weight is 500 g/mol. The molecule has 156 valence electrons. The summed E-state index contributed by atoms with van der Waals surface area (Å²) in [7, 11) is 3.47. The predicted molar refractivity (Wildman–Crippen MR) is 124 cm³/mol. The quantitative estimate of drug-likeness (QED) is 0.358. The lowest BCUT2D eigenvalue weighted by molar-refractivity contribution is -0.134. The second-order valence-corrected chi connectivity index (χ2v) is 7.50. The van der Waals surface area contributed by atoms with Gasteiger partial charge in [-0.25, -0.2) is 0 Å². The smallest absolute Gasteiger partial charge is 0.225 e. The molecule has 1 aliphatic heterocycles. The first-order valence-corrected chi connectivity index (χ1v) is 10.1. The molecule has 0 radical (unpaired) electrons. The monoisotopic (exact) mass is 500 g/mol. The Bertz CT molecular complexity index is 662. The van der Waals surface area contributed by atoms with E-state index in [1.54, 1.807) is 14.2 Å². The molecule has 0 bridgehead atoms. The number of ether oxygens (including phenoxy) is 1. The van der Waals surface area contributed by atoms with Crippen LogP contribution in [-0.4, -0.2) is 56.6 Å². The molecule has 2 fully saturated rings. The lowest BCUT2D eigenvalue weighted by Gasteiger charge is -2.21. The number of guanidine groups is 1. The summed E-state index contributed by atoms with van der Waals surface area (Å²) in [6.45, 7) is 2.43. The Morgan fingerprint density at radius 2 is 2.07 bits per heavy atom. The number of halogens is 1. The van der Waals surface area contributed by atoms with Crippen molar-refractivity contribution in [2.24, 2.45) is 10.9 Å². The number of methoxy groups -OCH3 is 1. The molecule has 1 heterocycles. The summed E-state index contributed by atoms with van der Waals surface area (Å²) in [5.74, 6) is 2.31. The summed E-state index contributed by atoms with van der Waals surface area (Å²) < 4.78 is 5.27. The van der Waals surface area contributed by atoms with E-state index in [-0.39, 0.29) is 35.9 Å². The van der Waals surface area contributed by atoms with E-state index in [2.05, 4.69) is 27.8 Å². The van der Waals surface area contributed by atoms with Crippen molar-refractivity contribution in [3.05, 3.63) is 29.8 Å². The van der Waals surface area contributed by atoms with Crippen LogP contribution < -0.4 is 15.4 Å². The van der Waals surface area contributed by atoms with Crippen molar-refractivity contribution in [2.45, 2.75) is 44.6 Å². The van der Waals surface area contributed by atoms with Gasteiger partial charge in [-0.15, -0.1) is 24.0 Å². The minimum atomic E-state index is 0. The highest BCUT2D eigenvalue weighted by Crippen LogP contribution is 2.27. The van der Waals surface area contributed by atoms with Crippen molar-refractivity contribution in [3.63, 3.8) is 0 Å². The topological polar surface area (TPSA) is 66.0 Å². The largest absolute Gasteiger partial charge is 0.497 e. The third kappa shape index (κ3) is 6.25. The lowest BCUT2D eigenvalue weighted by atomic mass is 10.1. The third-order valence-electron chi connectivity index (χ3n) is 5.61. The maximum absolute atomic E-state index is 12.6. The molecule has 6 nitrogen and oxygen atoms in total. The van der Waals surface area contributed by atoms with Gasteiger partial charge in [-0.3, -0.25) is 9.79 Å². The summed E-state index contributed by atoms with van der Waals surface area (Å²) in [4.78, 5) is 18.9. The molecule has 2 aliphatic rings. The predicted octanol–water partition coefficient (Wildman–Crippen LogP) is 2.81. The molecule has 1 aliphatic carbocycles. The molecule has 0 spiro atoms. The number of aliphatic imine (C=N–C) groups is 1. The maximum atomic E-state index is 12.6. The zero-order valence-electron chi connectivity index (χ0n) is 16.9. The Balaban J connectivity index is 0.00000280. The number of nitrogens with one attached hydrogen (secondary N) is 2. The molecule has 0 aromatic heterocycles.